The number of aliphatic imine (C=N–C) groups is 1. The van der Waals surface area contributed by atoms with E-state index in [1.54, 1.807) is 78.9 Å². The molecule has 0 aromatic heterocycles. The number of para-hydroxylation sites is 1. The largest absolute Gasteiger partial charge is 0.322 e. The summed E-state index contributed by atoms with van der Waals surface area (Å²) in [5.41, 5.74) is 6.23. The lowest BCUT2D eigenvalue weighted by molar-refractivity contribution is -0.116. The van der Waals surface area contributed by atoms with Gasteiger partial charge in [0.1, 0.15) is 16.8 Å². The minimum atomic E-state index is -4.05. The number of hydrogen-bond acceptors (Lipinski definition) is 6. The van der Waals surface area contributed by atoms with Crippen LogP contribution in [-0.4, -0.2) is 37.9 Å². The zero-order valence-electron chi connectivity index (χ0n) is 32.9. The van der Waals surface area contributed by atoms with Gasteiger partial charge in [0.15, 0.2) is 0 Å². The van der Waals surface area contributed by atoms with Crippen molar-refractivity contribution in [2.45, 2.75) is 67.9 Å². The highest BCUT2D eigenvalue weighted by Gasteiger charge is 2.43. The van der Waals surface area contributed by atoms with Crippen LogP contribution < -0.4 is 20.1 Å². The van der Waals surface area contributed by atoms with Crippen LogP contribution in [0.4, 0.5) is 22.7 Å². The summed E-state index contributed by atoms with van der Waals surface area (Å²) in [5.74, 6) is -0.887. The third kappa shape index (κ3) is 9.69. The molecule has 1 aliphatic heterocycles. The number of amides is 2. The Labute approximate surface area is 384 Å². The van der Waals surface area contributed by atoms with Crippen LogP contribution in [0.1, 0.15) is 62.0 Å². The van der Waals surface area contributed by atoms with E-state index in [0.717, 1.165) is 34.3 Å². The fraction of sp³-hybridized carbons (Fsp3) is 0.233. The molecule has 17 heteroatoms. The van der Waals surface area contributed by atoms with Gasteiger partial charge in [-0.05, 0) is 78.9 Å². The molecule has 5 aromatic rings. The summed E-state index contributed by atoms with van der Waals surface area (Å²) < 4.78 is 30.0. The minimum absolute atomic E-state index is 0.0683. The minimum Gasteiger partial charge on any atom is -0.322 e. The van der Waals surface area contributed by atoms with Gasteiger partial charge in [-0.2, -0.15) is 0 Å². The highest BCUT2D eigenvalue weighted by atomic mass is 35.5. The monoisotopic (exact) mass is 963 g/mol. The molecule has 1 atom stereocenters. The maximum Gasteiger partial charge on any atom is 0.267 e. The van der Waals surface area contributed by atoms with Gasteiger partial charge < -0.3 is 5.32 Å². The van der Waals surface area contributed by atoms with Crippen molar-refractivity contribution in [3.63, 3.8) is 0 Å². The SMILES string of the molecule is CCCCN(c1ccccc1SC1C(=O)N(c2c(Cl)c(Cl)c(Cl)c(Cl)c2Cl)NC1=Nc1cc(NC(=O)c2ccc(C(C)(C)C)cc2)ccc1Cl)S(=O)(=O)c1ccc(C)cc1. The van der Waals surface area contributed by atoms with Crippen LogP contribution >= 0.6 is 81.4 Å². The number of benzene rings is 5. The third-order valence-corrected chi connectivity index (χ3v) is 15.2. The average Bonchev–Trinajstić information content (AvgIpc) is 3.50. The highest BCUT2D eigenvalue weighted by molar-refractivity contribution is 8.01. The maximum atomic E-state index is 14.7. The number of aryl methyl sites for hydroxylation is 1. The Morgan fingerprint density at radius 1 is 0.867 bits per heavy atom. The number of rotatable bonds is 12. The Hall–Kier alpha value is -3.65. The Kier molecular flexibility index (Phi) is 14.3. The van der Waals surface area contributed by atoms with Crippen molar-refractivity contribution in [1.82, 2.24) is 5.43 Å². The smallest absolute Gasteiger partial charge is 0.267 e. The topological polar surface area (TPSA) is 111 Å². The molecule has 6 rings (SSSR count). The van der Waals surface area contributed by atoms with E-state index in [0.29, 0.717) is 28.3 Å². The molecule has 0 radical (unpaired) electrons. The lowest BCUT2D eigenvalue weighted by atomic mass is 9.87. The van der Waals surface area contributed by atoms with Crippen LogP contribution in [0.5, 0.6) is 0 Å². The number of carbonyl (C=O) groups excluding carboxylic acids is 2. The summed E-state index contributed by atoms with van der Waals surface area (Å²) in [6.07, 6.45) is 1.29. The second kappa shape index (κ2) is 18.8. The first-order valence-electron chi connectivity index (χ1n) is 18.6. The van der Waals surface area contributed by atoms with Gasteiger partial charge in [-0.25, -0.2) is 18.4 Å². The molecular weight excluding hydrogens is 927 g/mol. The lowest BCUT2D eigenvalue weighted by Crippen LogP contribution is -2.36. The normalized spacial score (nSPS) is 15.1. The molecule has 314 valence electrons. The standard InChI is InChI=1S/C43H39Cl6N5O4S2/c1-6-7-22-53(60(57,58)28-19-12-24(2)13-20-28)31-10-8-9-11-32(31)59-39-40(52-54(42(39)56)38-36(48)34(46)33(45)35(47)37(38)49)51-30-23-27(18-21-29(30)44)50-41(55)25-14-16-26(17-15-25)43(3,4)5/h8-21,23,39H,6-7,22H2,1-5H3,(H,50,55)(H,51,52). The third-order valence-electron chi connectivity index (χ3n) is 9.49. The van der Waals surface area contributed by atoms with Gasteiger partial charge in [-0.1, -0.05) is 146 Å². The first kappa shape index (κ1) is 45.9. The van der Waals surface area contributed by atoms with E-state index in [1.807, 2.05) is 26.0 Å². The average molecular weight is 967 g/mol. The van der Waals surface area contributed by atoms with Crippen molar-refractivity contribution in [2.75, 3.05) is 21.2 Å². The Morgan fingerprint density at radius 3 is 2.10 bits per heavy atom. The van der Waals surface area contributed by atoms with Gasteiger partial charge in [0.05, 0.1) is 46.4 Å². The number of halogens is 6. The van der Waals surface area contributed by atoms with Gasteiger partial charge in [0.25, 0.3) is 21.8 Å². The molecule has 1 unspecified atom stereocenters. The molecule has 1 aliphatic rings. The summed E-state index contributed by atoms with van der Waals surface area (Å²) >= 11 is 40.3. The van der Waals surface area contributed by atoms with Crippen molar-refractivity contribution in [2.24, 2.45) is 4.99 Å². The van der Waals surface area contributed by atoms with Crippen LogP contribution in [0.25, 0.3) is 0 Å². The molecular formula is C43H39Cl6N5O4S2. The number of hydrazine groups is 1. The molecule has 0 saturated carbocycles. The van der Waals surface area contributed by atoms with Gasteiger partial charge in [-0.3, -0.25) is 19.3 Å². The maximum absolute atomic E-state index is 14.7. The molecule has 0 spiro atoms. The Balaban J connectivity index is 1.43. The van der Waals surface area contributed by atoms with Crippen LogP contribution in [0.3, 0.4) is 0 Å². The second-order valence-electron chi connectivity index (χ2n) is 14.9. The van der Waals surface area contributed by atoms with Crippen LogP contribution in [0, 0.1) is 6.92 Å². The van der Waals surface area contributed by atoms with Gasteiger partial charge in [0.2, 0.25) is 0 Å². The Morgan fingerprint density at radius 2 is 1.48 bits per heavy atom. The van der Waals surface area contributed by atoms with Gasteiger partial charge in [-0.15, -0.1) is 11.8 Å². The molecule has 1 saturated heterocycles. The van der Waals surface area contributed by atoms with Crippen molar-refractivity contribution in [3.05, 3.63) is 138 Å². The van der Waals surface area contributed by atoms with E-state index in [1.165, 1.54) is 4.31 Å². The number of hydrogen-bond donors (Lipinski definition) is 2. The zero-order chi connectivity index (χ0) is 43.7. The molecule has 60 heavy (non-hydrogen) atoms. The van der Waals surface area contributed by atoms with E-state index in [-0.39, 0.29) is 70.1 Å². The molecule has 2 amide bonds. The fourth-order valence-electron chi connectivity index (χ4n) is 6.14. The van der Waals surface area contributed by atoms with E-state index >= 15 is 0 Å². The fourth-order valence-corrected chi connectivity index (χ4v) is 10.3. The summed E-state index contributed by atoms with van der Waals surface area (Å²) in [6.45, 7) is 10.3. The highest BCUT2D eigenvalue weighted by Crippen LogP contribution is 2.50. The molecule has 2 N–H and O–H groups in total. The molecule has 0 aliphatic carbocycles. The number of carbonyl (C=O) groups is 2. The molecule has 1 fully saturated rings. The van der Waals surface area contributed by atoms with E-state index in [2.05, 4.69) is 31.5 Å². The second-order valence-corrected chi connectivity index (χ2v) is 20.2. The van der Waals surface area contributed by atoms with Crippen LogP contribution in [0.2, 0.25) is 30.1 Å². The van der Waals surface area contributed by atoms with Crippen molar-refractivity contribution in [1.29, 1.82) is 0 Å². The summed E-state index contributed by atoms with van der Waals surface area (Å²) in [4.78, 5) is 33.4. The van der Waals surface area contributed by atoms with Crippen LogP contribution in [-0.2, 0) is 20.2 Å². The molecule has 0 bridgehead atoms. The number of anilines is 3. The van der Waals surface area contributed by atoms with E-state index < -0.39 is 21.2 Å². The summed E-state index contributed by atoms with van der Waals surface area (Å²) in [6, 6.07) is 25.6. The van der Waals surface area contributed by atoms with E-state index in [4.69, 9.17) is 74.6 Å². The van der Waals surface area contributed by atoms with Gasteiger partial charge in [0, 0.05) is 22.7 Å². The number of nitrogens with one attached hydrogen (secondary N) is 2. The number of thioether (sulfide) groups is 1. The summed E-state index contributed by atoms with van der Waals surface area (Å²) in [5, 5.41) is 2.31. The number of sulfonamides is 1. The zero-order valence-corrected chi connectivity index (χ0v) is 39.1. The molecule has 9 nitrogen and oxygen atoms in total. The van der Waals surface area contributed by atoms with E-state index in [9.17, 15) is 18.0 Å². The van der Waals surface area contributed by atoms with Crippen molar-refractivity contribution < 1.29 is 18.0 Å². The Bertz CT molecular complexity index is 2570. The summed E-state index contributed by atoms with van der Waals surface area (Å²) in [7, 11) is -4.05. The predicted octanol–water partition coefficient (Wildman–Crippen LogP) is 13.2. The molecule has 5 aromatic carbocycles. The van der Waals surface area contributed by atoms with Crippen molar-refractivity contribution >= 4 is 132 Å². The molecule has 1 heterocycles. The number of amidine groups is 1. The number of nitrogens with zero attached hydrogens (tertiary/aromatic N) is 3. The quantitative estimate of drug-likeness (QED) is 0.0952. The first-order valence-corrected chi connectivity index (χ1v) is 23.2. The first-order chi connectivity index (χ1) is 28.3. The number of unbranched alkanes of at least 4 members (excludes halogenated alkanes) is 1. The van der Waals surface area contributed by atoms with Crippen LogP contribution in [0.15, 0.2) is 106 Å². The lowest BCUT2D eigenvalue weighted by Gasteiger charge is -2.27. The van der Waals surface area contributed by atoms with Gasteiger partial charge >= 0.3 is 0 Å². The predicted molar refractivity (Wildman–Crippen MR) is 250 cm³/mol. The van der Waals surface area contributed by atoms with Crippen molar-refractivity contribution in [3.8, 4) is 0 Å².